The molecule has 0 fully saturated rings. The summed E-state index contributed by atoms with van der Waals surface area (Å²) < 4.78 is 0. The minimum atomic E-state index is -0.961. The first-order valence-corrected chi connectivity index (χ1v) is 3.39. The summed E-state index contributed by atoms with van der Waals surface area (Å²) in [5.41, 5.74) is 6.65. The molecule has 0 bridgehead atoms. The summed E-state index contributed by atoms with van der Waals surface area (Å²) in [6, 6.07) is 9.38. The molecule has 1 aromatic carbocycles. The van der Waals surface area contributed by atoms with Gasteiger partial charge in [0.2, 0.25) is 0 Å². The number of benzene rings is 1. The molecule has 2 heteroatoms. The van der Waals surface area contributed by atoms with Gasteiger partial charge in [0.05, 0.1) is 0 Å². The number of nitrogens with two attached hydrogens (primary N) is 1. The van der Waals surface area contributed by atoms with Crippen LogP contribution in [0.15, 0.2) is 36.9 Å². The van der Waals surface area contributed by atoms with Gasteiger partial charge >= 0.3 is 0 Å². The number of rotatable bonds is 2. The molecular formula is C9H11NO. The van der Waals surface area contributed by atoms with Crippen molar-refractivity contribution in [2.45, 2.75) is 6.23 Å². The van der Waals surface area contributed by atoms with E-state index in [1.165, 1.54) is 0 Å². The third-order valence-corrected chi connectivity index (χ3v) is 1.50. The zero-order valence-corrected chi connectivity index (χ0v) is 6.20. The zero-order valence-electron chi connectivity index (χ0n) is 6.20. The highest BCUT2D eigenvalue weighted by Gasteiger charge is 2.02. The van der Waals surface area contributed by atoms with Crippen LogP contribution in [0.4, 0.5) is 0 Å². The quantitative estimate of drug-likeness (QED) is 0.615. The van der Waals surface area contributed by atoms with Gasteiger partial charge in [-0.3, -0.25) is 0 Å². The highest BCUT2D eigenvalue weighted by Crippen LogP contribution is 2.12. The van der Waals surface area contributed by atoms with E-state index >= 15 is 0 Å². The Morgan fingerprint density at radius 3 is 2.36 bits per heavy atom. The van der Waals surface area contributed by atoms with Gasteiger partial charge < -0.3 is 10.8 Å². The van der Waals surface area contributed by atoms with Gasteiger partial charge in [-0.25, -0.2) is 0 Å². The van der Waals surface area contributed by atoms with Crippen LogP contribution >= 0.6 is 0 Å². The second kappa shape index (κ2) is 3.32. The molecule has 1 rings (SSSR count). The minimum absolute atomic E-state index is 0.547. The number of aliphatic hydroxyl groups is 1. The molecule has 1 aromatic rings. The van der Waals surface area contributed by atoms with E-state index in [-0.39, 0.29) is 0 Å². The van der Waals surface area contributed by atoms with Crippen LogP contribution in [0.2, 0.25) is 0 Å². The van der Waals surface area contributed by atoms with Crippen molar-refractivity contribution in [2.24, 2.45) is 5.73 Å². The summed E-state index contributed by atoms with van der Waals surface area (Å²) in [4.78, 5) is 0. The molecule has 0 unspecified atom stereocenters. The molecule has 0 aliphatic rings. The van der Waals surface area contributed by atoms with E-state index in [2.05, 4.69) is 6.58 Å². The molecule has 0 amide bonds. The second-order valence-electron chi connectivity index (χ2n) is 2.34. The lowest BCUT2D eigenvalue weighted by molar-refractivity contribution is 0.241. The van der Waals surface area contributed by atoms with Gasteiger partial charge in [-0.1, -0.05) is 36.9 Å². The first-order chi connectivity index (χ1) is 5.22. The summed E-state index contributed by atoms with van der Waals surface area (Å²) in [7, 11) is 0. The highest BCUT2D eigenvalue weighted by atomic mass is 16.3. The SMILES string of the molecule is C=C(c1ccccc1)[C@H](N)O. The smallest absolute Gasteiger partial charge is 0.128 e. The fourth-order valence-corrected chi connectivity index (χ4v) is 0.823. The first kappa shape index (κ1) is 7.98. The summed E-state index contributed by atoms with van der Waals surface area (Å²) in [6.07, 6.45) is -0.961. The zero-order chi connectivity index (χ0) is 8.27. The Morgan fingerprint density at radius 1 is 1.36 bits per heavy atom. The highest BCUT2D eigenvalue weighted by molar-refractivity contribution is 5.65. The molecule has 0 spiro atoms. The van der Waals surface area contributed by atoms with Crippen LogP contribution in [-0.2, 0) is 0 Å². The molecular weight excluding hydrogens is 138 g/mol. The van der Waals surface area contributed by atoms with Crippen molar-refractivity contribution in [1.82, 2.24) is 0 Å². The maximum Gasteiger partial charge on any atom is 0.128 e. The predicted octanol–water partition coefficient (Wildman–Crippen LogP) is 0.977. The standard InChI is InChI=1S/C9H11NO/c1-7(9(10)11)8-5-3-2-4-6-8/h2-6,9,11H,1,10H2/t9-/m1/s1. The van der Waals surface area contributed by atoms with Gasteiger partial charge in [0, 0.05) is 0 Å². The van der Waals surface area contributed by atoms with Crippen LogP contribution in [0.5, 0.6) is 0 Å². The molecule has 58 valence electrons. The van der Waals surface area contributed by atoms with Gasteiger partial charge in [0.1, 0.15) is 6.23 Å². The van der Waals surface area contributed by atoms with Crippen molar-refractivity contribution in [3.8, 4) is 0 Å². The molecule has 0 aliphatic heterocycles. The van der Waals surface area contributed by atoms with E-state index in [1.807, 2.05) is 30.3 Å². The fraction of sp³-hybridized carbons (Fsp3) is 0.111. The molecule has 1 atom stereocenters. The summed E-state index contributed by atoms with van der Waals surface area (Å²) in [5.74, 6) is 0. The third-order valence-electron chi connectivity index (χ3n) is 1.50. The average Bonchev–Trinajstić information content (AvgIpc) is 2.05. The maximum absolute atomic E-state index is 8.95. The minimum Gasteiger partial charge on any atom is -0.375 e. The van der Waals surface area contributed by atoms with Crippen molar-refractivity contribution in [2.75, 3.05) is 0 Å². The van der Waals surface area contributed by atoms with Crippen LogP contribution < -0.4 is 5.73 Å². The molecule has 11 heavy (non-hydrogen) atoms. The van der Waals surface area contributed by atoms with E-state index in [0.29, 0.717) is 5.57 Å². The van der Waals surface area contributed by atoms with Crippen LogP contribution in [0.1, 0.15) is 5.56 Å². The fourth-order valence-electron chi connectivity index (χ4n) is 0.823. The maximum atomic E-state index is 8.95. The largest absolute Gasteiger partial charge is 0.375 e. The lowest BCUT2D eigenvalue weighted by Crippen LogP contribution is -2.19. The van der Waals surface area contributed by atoms with Gasteiger partial charge in [-0.05, 0) is 11.1 Å². The molecule has 0 heterocycles. The Labute approximate surface area is 66.0 Å². The number of hydrogen-bond acceptors (Lipinski definition) is 2. The van der Waals surface area contributed by atoms with Crippen molar-refractivity contribution < 1.29 is 5.11 Å². The van der Waals surface area contributed by atoms with Crippen molar-refractivity contribution >= 4 is 5.57 Å². The Balaban J connectivity index is 2.86. The lowest BCUT2D eigenvalue weighted by atomic mass is 10.1. The Hall–Kier alpha value is -1.12. The van der Waals surface area contributed by atoms with Crippen LogP contribution in [0.25, 0.3) is 5.57 Å². The van der Waals surface area contributed by atoms with E-state index in [1.54, 1.807) is 0 Å². The monoisotopic (exact) mass is 149 g/mol. The molecule has 3 N–H and O–H groups in total. The van der Waals surface area contributed by atoms with E-state index in [4.69, 9.17) is 10.8 Å². The van der Waals surface area contributed by atoms with Crippen molar-refractivity contribution in [1.29, 1.82) is 0 Å². The molecule has 0 aromatic heterocycles. The topological polar surface area (TPSA) is 46.2 Å². The molecule has 2 nitrogen and oxygen atoms in total. The summed E-state index contributed by atoms with van der Waals surface area (Å²) >= 11 is 0. The van der Waals surface area contributed by atoms with Crippen LogP contribution in [-0.4, -0.2) is 11.3 Å². The summed E-state index contributed by atoms with van der Waals surface area (Å²) in [5, 5.41) is 8.95. The van der Waals surface area contributed by atoms with Gasteiger partial charge in [-0.15, -0.1) is 0 Å². The van der Waals surface area contributed by atoms with E-state index < -0.39 is 6.23 Å². The van der Waals surface area contributed by atoms with E-state index in [9.17, 15) is 0 Å². The summed E-state index contributed by atoms with van der Waals surface area (Å²) in [6.45, 7) is 3.65. The van der Waals surface area contributed by atoms with Crippen molar-refractivity contribution in [3.63, 3.8) is 0 Å². The average molecular weight is 149 g/mol. The van der Waals surface area contributed by atoms with Gasteiger partial charge in [0.25, 0.3) is 0 Å². The van der Waals surface area contributed by atoms with E-state index in [0.717, 1.165) is 5.56 Å². The molecule has 0 saturated heterocycles. The predicted molar refractivity (Wildman–Crippen MR) is 45.7 cm³/mol. The first-order valence-electron chi connectivity index (χ1n) is 3.39. The van der Waals surface area contributed by atoms with Crippen molar-refractivity contribution in [3.05, 3.63) is 42.5 Å². The number of aliphatic hydroxyl groups excluding tert-OH is 1. The number of hydrogen-bond donors (Lipinski definition) is 2. The van der Waals surface area contributed by atoms with Gasteiger partial charge in [-0.2, -0.15) is 0 Å². The Morgan fingerprint density at radius 2 is 1.91 bits per heavy atom. The van der Waals surface area contributed by atoms with Crippen LogP contribution in [0, 0.1) is 0 Å². The second-order valence-corrected chi connectivity index (χ2v) is 2.34. The van der Waals surface area contributed by atoms with Crippen LogP contribution in [0.3, 0.4) is 0 Å². The Bertz CT molecular complexity index is 241. The molecule has 0 radical (unpaired) electrons. The Kier molecular flexibility index (Phi) is 2.41. The van der Waals surface area contributed by atoms with Gasteiger partial charge in [0.15, 0.2) is 0 Å². The molecule has 0 saturated carbocycles. The lowest BCUT2D eigenvalue weighted by Gasteiger charge is -2.07. The normalized spacial score (nSPS) is 12.5. The third kappa shape index (κ3) is 1.90. The molecule has 0 aliphatic carbocycles.